The number of hydrogen-bond acceptors (Lipinski definition) is 6. The molecule has 164 valence electrons. The molecule has 1 saturated heterocycles. The van der Waals surface area contributed by atoms with Crippen LogP contribution in [0.2, 0.25) is 0 Å². The quantitative estimate of drug-likeness (QED) is 0.681. The van der Waals surface area contributed by atoms with E-state index in [9.17, 15) is 10.4 Å². The molecule has 32 heavy (non-hydrogen) atoms. The molecule has 0 radical (unpaired) electrons. The molecule has 3 heterocycles. The van der Waals surface area contributed by atoms with Crippen LogP contribution >= 0.6 is 0 Å². The predicted molar refractivity (Wildman–Crippen MR) is 121 cm³/mol. The Bertz CT molecular complexity index is 1260. The lowest BCUT2D eigenvalue weighted by Crippen LogP contribution is -2.40. The number of benzene rings is 1. The molecule has 1 aliphatic heterocycles. The molecule has 1 spiro atoms. The highest BCUT2D eigenvalue weighted by Gasteiger charge is 2.75. The van der Waals surface area contributed by atoms with Gasteiger partial charge in [0.15, 0.2) is 5.82 Å². The number of hydrogen-bond donors (Lipinski definition) is 1. The first-order valence-corrected chi connectivity index (χ1v) is 11.5. The maximum atomic E-state index is 10.5. The van der Waals surface area contributed by atoms with E-state index in [1.54, 1.807) is 6.33 Å². The lowest BCUT2D eigenvalue weighted by molar-refractivity contribution is 0.0156. The standard InChI is InChI=1S/C25H28N6O/c1-16-19(23(2,3)32)6-9-30(16)21-11-22(28-15-27-21)31-20-10-18(5-4-17(20)12-29-31)25(14-26)13-24(25)7-8-24/h4-5,10-12,15-16,19,32H,6-9,13H2,1-3H3/t16?,19?,25-/m1/s1. The number of nitriles is 1. The average Bonchev–Trinajstić information content (AvgIpc) is 3.57. The van der Waals surface area contributed by atoms with Gasteiger partial charge in [0.2, 0.25) is 0 Å². The summed E-state index contributed by atoms with van der Waals surface area (Å²) >= 11 is 0. The zero-order valence-electron chi connectivity index (χ0n) is 18.8. The number of aliphatic hydroxyl groups is 1. The average molecular weight is 429 g/mol. The Labute approximate surface area is 187 Å². The van der Waals surface area contributed by atoms with Gasteiger partial charge < -0.3 is 10.0 Å². The van der Waals surface area contributed by atoms with Crippen molar-refractivity contribution in [3.63, 3.8) is 0 Å². The van der Waals surface area contributed by atoms with Crippen molar-refractivity contribution in [3.05, 3.63) is 42.4 Å². The number of aromatic nitrogens is 4. The third kappa shape index (κ3) is 2.65. The lowest BCUT2D eigenvalue weighted by atomic mass is 9.85. The smallest absolute Gasteiger partial charge is 0.159 e. The van der Waals surface area contributed by atoms with Crippen LogP contribution in [0.4, 0.5) is 5.82 Å². The lowest BCUT2D eigenvalue weighted by Gasteiger charge is -2.32. The molecule has 1 N–H and O–H groups in total. The Balaban J connectivity index is 1.37. The molecule has 0 bridgehead atoms. The maximum absolute atomic E-state index is 10.5. The molecule has 2 aliphatic carbocycles. The second kappa shape index (κ2) is 6.29. The van der Waals surface area contributed by atoms with Crippen molar-refractivity contribution in [1.82, 2.24) is 19.7 Å². The van der Waals surface area contributed by atoms with E-state index in [0.29, 0.717) is 5.82 Å². The number of anilines is 1. The number of nitrogens with zero attached hydrogens (tertiary/aromatic N) is 6. The molecular weight excluding hydrogens is 400 g/mol. The highest BCUT2D eigenvalue weighted by atomic mass is 16.3. The number of fused-ring (bicyclic) bond motifs is 1. The minimum absolute atomic E-state index is 0.179. The summed E-state index contributed by atoms with van der Waals surface area (Å²) in [6.45, 7) is 6.77. The summed E-state index contributed by atoms with van der Waals surface area (Å²) in [4.78, 5) is 11.3. The van der Waals surface area contributed by atoms with Crippen LogP contribution in [-0.2, 0) is 5.41 Å². The Morgan fingerprint density at radius 3 is 2.62 bits per heavy atom. The van der Waals surface area contributed by atoms with Crippen LogP contribution in [0.3, 0.4) is 0 Å². The summed E-state index contributed by atoms with van der Waals surface area (Å²) in [5.74, 6) is 1.75. The molecule has 3 atom stereocenters. The topological polar surface area (TPSA) is 90.9 Å². The van der Waals surface area contributed by atoms with Gasteiger partial charge in [0.05, 0.1) is 28.8 Å². The van der Waals surface area contributed by atoms with Gasteiger partial charge in [-0.15, -0.1) is 0 Å². The molecule has 7 heteroatoms. The first-order valence-electron chi connectivity index (χ1n) is 11.5. The Kier molecular flexibility index (Phi) is 3.87. The largest absolute Gasteiger partial charge is 0.390 e. The van der Waals surface area contributed by atoms with Crippen molar-refractivity contribution in [2.45, 2.75) is 63.5 Å². The first kappa shape index (κ1) is 19.7. The minimum Gasteiger partial charge on any atom is -0.390 e. The zero-order chi connectivity index (χ0) is 22.3. The van der Waals surface area contributed by atoms with Gasteiger partial charge in [0, 0.05) is 30.0 Å². The molecule has 3 fully saturated rings. The fourth-order valence-electron chi connectivity index (χ4n) is 6.13. The third-order valence-corrected chi connectivity index (χ3v) is 8.30. The Hall–Kier alpha value is -2.98. The molecule has 2 saturated carbocycles. The highest BCUT2D eigenvalue weighted by Crippen LogP contribution is 2.78. The van der Waals surface area contributed by atoms with E-state index >= 15 is 0 Å². The van der Waals surface area contributed by atoms with E-state index in [1.807, 2.05) is 30.8 Å². The Morgan fingerprint density at radius 2 is 1.97 bits per heavy atom. The zero-order valence-corrected chi connectivity index (χ0v) is 18.8. The molecule has 1 aromatic carbocycles. The fourth-order valence-corrected chi connectivity index (χ4v) is 6.13. The van der Waals surface area contributed by atoms with Gasteiger partial charge in [-0.1, -0.05) is 12.1 Å². The van der Waals surface area contributed by atoms with Gasteiger partial charge in [0.1, 0.15) is 12.1 Å². The van der Waals surface area contributed by atoms with Crippen molar-refractivity contribution >= 4 is 16.7 Å². The van der Waals surface area contributed by atoms with E-state index in [2.05, 4.69) is 51.2 Å². The van der Waals surface area contributed by atoms with Gasteiger partial charge in [-0.2, -0.15) is 10.4 Å². The highest BCUT2D eigenvalue weighted by molar-refractivity contribution is 5.82. The molecule has 3 aromatic rings. The third-order valence-electron chi connectivity index (χ3n) is 8.30. The summed E-state index contributed by atoms with van der Waals surface area (Å²) in [6, 6.07) is 11.1. The summed E-state index contributed by atoms with van der Waals surface area (Å²) in [5, 5.41) is 26.1. The number of rotatable bonds is 4. The second-order valence-electron chi connectivity index (χ2n) is 10.5. The summed E-state index contributed by atoms with van der Waals surface area (Å²) in [6.07, 6.45) is 7.66. The second-order valence-corrected chi connectivity index (χ2v) is 10.5. The van der Waals surface area contributed by atoms with Crippen molar-refractivity contribution in [2.24, 2.45) is 11.3 Å². The molecule has 0 amide bonds. The molecule has 2 unspecified atom stereocenters. The van der Waals surface area contributed by atoms with Crippen LogP contribution in [0.1, 0.15) is 52.0 Å². The summed E-state index contributed by atoms with van der Waals surface area (Å²) < 4.78 is 1.85. The van der Waals surface area contributed by atoms with E-state index < -0.39 is 5.60 Å². The molecule has 7 nitrogen and oxygen atoms in total. The first-order chi connectivity index (χ1) is 15.3. The van der Waals surface area contributed by atoms with Gasteiger partial charge in [-0.05, 0) is 63.5 Å². The van der Waals surface area contributed by atoms with Crippen LogP contribution in [0.15, 0.2) is 36.8 Å². The van der Waals surface area contributed by atoms with Crippen LogP contribution in [0.5, 0.6) is 0 Å². The molecule has 6 rings (SSSR count). The van der Waals surface area contributed by atoms with Crippen LogP contribution in [-0.4, -0.2) is 43.0 Å². The van der Waals surface area contributed by atoms with Crippen molar-refractivity contribution in [1.29, 1.82) is 5.26 Å². The van der Waals surface area contributed by atoms with Crippen molar-refractivity contribution in [2.75, 3.05) is 11.4 Å². The van der Waals surface area contributed by atoms with Crippen molar-refractivity contribution < 1.29 is 5.11 Å². The van der Waals surface area contributed by atoms with E-state index in [1.165, 1.54) is 0 Å². The van der Waals surface area contributed by atoms with Gasteiger partial charge >= 0.3 is 0 Å². The van der Waals surface area contributed by atoms with Gasteiger partial charge in [0.25, 0.3) is 0 Å². The molecule has 3 aliphatic rings. The Morgan fingerprint density at radius 1 is 1.19 bits per heavy atom. The van der Waals surface area contributed by atoms with Crippen LogP contribution < -0.4 is 4.90 Å². The van der Waals surface area contributed by atoms with E-state index in [0.717, 1.165) is 54.5 Å². The molecular formula is C25H28N6O. The normalized spacial score (nSPS) is 28.3. The van der Waals surface area contributed by atoms with Gasteiger partial charge in [-0.3, -0.25) is 0 Å². The maximum Gasteiger partial charge on any atom is 0.159 e. The SMILES string of the molecule is CC1C(C(C)(C)O)CCN1c1cc(-n2ncc3ccc([C@]4(C#N)CC45CC5)cc32)ncn1. The summed E-state index contributed by atoms with van der Waals surface area (Å²) in [7, 11) is 0. The van der Waals surface area contributed by atoms with Crippen molar-refractivity contribution in [3.8, 4) is 11.9 Å². The minimum atomic E-state index is -0.725. The van der Waals surface area contributed by atoms with E-state index in [4.69, 9.17) is 0 Å². The predicted octanol–water partition coefficient (Wildman–Crippen LogP) is 3.75. The van der Waals surface area contributed by atoms with E-state index in [-0.39, 0.29) is 22.8 Å². The van der Waals surface area contributed by atoms with Crippen LogP contribution in [0, 0.1) is 22.7 Å². The fraction of sp³-hybridized carbons (Fsp3) is 0.520. The summed E-state index contributed by atoms with van der Waals surface area (Å²) in [5.41, 5.74) is 1.24. The van der Waals surface area contributed by atoms with Crippen LogP contribution in [0.25, 0.3) is 16.7 Å². The monoisotopic (exact) mass is 428 g/mol. The molecule has 2 aromatic heterocycles. The van der Waals surface area contributed by atoms with Gasteiger partial charge in [-0.25, -0.2) is 14.6 Å².